The van der Waals surface area contributed by atoms with Gasteiger partial charge in [-0.05, 0) is 55.1 Å². The number of hydrogen-bond acceptors (Lipinski definition) is 2. The third-order valence-corrected chi connectivity index (χ3v) is 4.11. The summed E-state index contributed by atoms with van der Waals surface area (Å²) in [6.07, 6.45) is 3.10. The van der Waals surface area contributed by atoms with Crippen LogP contribution in [0.5, 0.6) is 0 Å². The van der Waals surface area contributed by atoms with E-state index in [1.165, 1.54) is 22.5 Å². The number of aryl methyl sites for hydroxylation is 2. The molecule has 0 unspecified atom stereocenters. The molecule has 0 aromatic heterocycles. The van der Waals surface area contributed by atoms with Crippen molar-refractivity contribution in [2.45, 2.75) is 19.3 Å². The summed E-state index contributed by atoms with van der Waals surface area (Å²) >= 11 is 6.21. The number of anilines is 2. The summed E-state index contributed by atoms with van der Waals surface area (Å²) in [7, 11) is 0. The Labute approximate surface area is 137 Å². The number of hydrogen-bond donors (Lipinski definition) is 1. The van der Waals surface area contributed by atoms with Crippen LogP contribution in [0.2, 0.25) is 5.02 Å². The molecule has 4 heteroatoms. The van der Waals surface area contributed by atoms with Crippen LogP contribution < -0.4 is 10.6 Å². The number of fused-ring (bicyclic) bond motifs is 2. The fourth-order valence-corrected chi connectivity index (χ4v) is 3.04. The highest BCUT2D eigenvalue weighted by atomic mass is 35.5. The average Bonchev–Trinajstić information content (AvgIpc) is 2.62. The zero-order chi connectivity index (χ0) is 13.9. The second-order valence-corrected chi connectivity index (χ2v) is 5.63. The molecule has 0 amide bonds. The van der Waals surface area contributed by atoms with E-state index >= 15 is 0 Å². The molecule has 0 aliphatic carbocycles. The Morgan fingerprint density at radius 2 is 1.71 bits per heavy atom. The normalized spacial score (nSPS) is 13.0. The summed E-state index contributed by atoms with van der Waals surface area (Å²) in [5, 5.41) is 0.792. The molecule has 3 rings (SSSR count). The van der Waals surface area contributed by atoms with Crippen LogP contribution in [0.25, 0.3) is 0 Å². The van der Waals surface area contributed by atoms with E-state index < -0.39 is 0 Å². The van der Waals surface area contributed by atoms with Gasteiger partial charge in [0.15, 0.2) is 0 Å². The van der Waals surface area contributed by atoms with E-state index in [0.29, 0.717) is 6.54 Å². The smallest absolute Gasteiger partial charge is 0.0458 e. The third-order valence-electron chi connectivity index (χ3n) is 3.87. The lowest BCUT2D eigenvalue weighted by Crippen LogP contribution is -2.22. The summed E-state index contributed by atoms with van der Waals surface area (Å²) in [5.74, 6) is 0. The van der Waals surface area contributed by atoms with Crippen molar-refractivity contribution < 1.29 is 0 Å². The van der Waals surface area contributed by atoms with Crippen molar-refractivity contribution in [1.82, 2.24) is 0 Å². The Balaban J connectivity index is 0.00000161. The molecule has 2 aromatic carbocycles. The molecular weight excluding hydrogens is 303 g/mol. The van der Waals surface area contributed by atoms with E-state index in [1.54, 1.807) is 0 Å². The van der Waals surface area contributed by atoms with Gasteiger partial charge in [-0.25, -0.2) is 0 Å². The predicted octanol–water partition coefficient (Wildman–Crippen LogP) is 4.35. The zero-order valence-electron chi connectivity index (χ0n) is 11.9. The summed E-state index contributed by atoms with van der Waals surface area (Å²) in [6.45, 7) is 1.63. The molecule has 1 heterocycles. The maximum absolute atomic E-state index is 6.21. The number of benzene rings is 2. The van der Waals surface area contributed by atoms with E-state index in [9.17, 15) is 0 Å². The molecule has 1 aliphatic heterocycles. The highest BCUT2D eigenvalue weighted by Gasteiger charge is 2.20. The molecule has 0 atom stereocenters. The summed E-state index contributed by atoms with van der Waals surface area (Å²) < 4.78 is 0. The molecule has 0 bridgehead atoms. The molecule has 2 nitrogen and oxygen atoms in total. The largest absolute Gasteiger partial charge is 0.341 e. The Kier molecular flexibility index (Phi) is 5.51. The van der Waals surface area contributed by atoms with Crippen molar-refractivity contribution in [3.63, 3.8) is 0 Å². The van der Waals surface area contributed by atoms with Crippen LogP contribution in [0.15, 0.2) is 42.5 Å². The minimum Gasteiger partial charge on any atom is -0.341 e. The van der Waals surface area contributed by atoms with Crippen LogP contribution in [-0.2, 0) is 12.8 Å². The van der Waals surface area contributed by atoms with Gasteiger partial charge in [-0.15, -0.1) is 12.4 Å². The number of nitrogens with zero attached hydrogens (tertiary/aromatic N) is 1. The van der Waals surface area contributed by atoms with Gasteiger partial charge in [-0.3, -0.25) is 0 Å². The second-order valence-electron chi connectivity index (χ2n) is 5.20. The molecule has 0 saturated carbocycles. The lowest BCUT2D eigenvalue weighted by molar-refractivity contribution is 0.816. The van der Waals surface area contributed by atoms with E-state index in [4.69, 9.17) is 17.3 Å². The highest BCUT2D eigenvalue weighted by Crippen LogP contribution is 2.37. The van der Waals surface area contributed by atoms with E-state index in [-0.39, 0.29) is 12.4 Å². The zero-order valence-corrected chi connectivity index (χ0v) is 13.5. The molecule has 0 spiro atoms. The predicted molar refractivity (Wildman–Crippen MR) is 93.2 cm³/mol. The van der Waals surface area contributed by atoms with Crippen LogP contribution >= 0.6 is 24.0 Å². The Morgan fingerprint density at radius 1 is 1.00 bits per heavy atom. The van der Waals surface area contributed by atoms with Crippen LogP contribution in [0.3, 0.4) is 0 Å². The fourth-order valence-electron chi connectivity index (χ4n) is 2.87. The molecule has 0 fully saturated rings. The molecular formula is C17H20Cl2N2. The van der Waals surface area contributed by atoms with Crippen LogP contribution in [0, 0.1) is 0 Å². The van der Waals surface area contributed by atoms with Gasteiger partial charge >= 0.3 is 0 Å². The Morgan fingerprint density at radius 3 is 2.48 bits per heavy atom. The molecule has 1 aliphatic rings. The van der Waals surface area contributed by atoms with Gasteiger partial charge in [-0.1, -0.05) is 35.9 Å². The quantitative estimate of drug-likeness (QED) is 0.910. The van der Waals surface area contributed by atoms with Gasteiger partial charge < -0.3 is 10.6 Å². The molecule has 2 aromatic rings. The lowest BCUT2D eigenvalue weighted by atomic mass is 10.0. The average molecular weight is 323 g/mol. The lowest BCUT2D eigenvalue weighted by Gasteiger charge is -2.27. The number of nitrogens with two attached hydrogens (primary N) is 1. The van der Waals surface area contributed by atoms with Gasteiger partial charge in [0.25, 0.3) is 0 Å². The number of halogens is 2. The van der Waals surface area contributed by atoms with Crippen LogP contribution in [-0.4, -0.2) is 13.1 Å². The van der Waals surface area contributed by atoms with Gasteiger partial charge in [-0.2, -0.15) is 0 Å². The van der Waals surface area contributed by atoms with Gasteiger partial charge in [0.05, 0.1) is 0 Å². The van der Waals surface area contributed by atoms with Crippen molar-refractivity contribution in [2.75, 3.05) is 18.0 Å². The molecule has 2 N–H and O–H groups in total. The topological polar surface area (TPSA) is 29.3 Å². The first kappa shape index (κ1) is 16.2. The van der Waals surface area contributed by atoms with Crippen molar-refractivity contribution in [2.24, 2.45) is 5.73 Å². The Hall–Kier alpha value is -1.22. The van der Waals surface area contributed by atoms with Crippen molar-refractivity contribution >= 4 is 35.4 Å². The summed E-state index contributed by atoms with van der Waals surface area (Å²) in [5.41, 5.74) is 11.0. The minimum absolute atomic E-state index is 0. The summed E-state index contributed by atoms with van der Waals surface area (Å²) in [4.78, 5) is 2.37. The number of para-hydroxylation sites is 1. The molecule has 112 valence electrons. The summed E-state index contributed by atoms with van der Waals surface area (Å²) in [6, 6.07) is 14.8. The maximum atomic E-state index is 6.21. The maximum Gasteiger partial charge on any atom is 0.0458 e. The highest BCUT2D eigenvalue weighted by molar-refractivity contribution is 6.30. The van der Waals surface area contributed by atoms with Gasteiger partial charge in [0, 0.05) is 22.9 Å². The monoisotopic (exact) mass is 322 g/mol. The number of rotatable bonds is 3. The van der Waals surface area contributed by atoms with Crippen molar-refractivity contribution in [1.29, 1.82) is 0 Å². The second kappa shape index (κ2) is 7.17. The molecule has 0 radical (unpaired) electrons. The standard InChI is InChI=1S/C17H19ClN2.ClH/c18-15-9-8-14-7-6-13-4-1-2-5-16(13)20(11-3-10-19)17(14)12-15;/h1-2,4-5,8-9,12H,3,6-7,10-11,19H2;1H. The van der Waals surface area contributed by atoms with E-state index in [1.807, 2.05) is 6.07 Å². The van der Waals surface area contributed by atoms with E-state index in [0.717, 1.165) is 30.8 Å². The van der Waals surface area contributed by atoms with Crippen molar-refractivity contribution in [3.8, 4) is 0 Å². The van der Waals surface area contributed by atoms with Gasteiger partial charge in [0.2, 0.25) is 0 Å². The molecule has 21 heavy (non-hydrogen) atoms. The molecule has 0 saturated heterocycles. The third kappa shape index (κ3) is 3.34. The first-order valence-electron chi connectivity index (χ1n) is 7.13. The first-order valence-corrected chi connectivity index (χ1v) is 7.51. The van der Waals surface area contributed by atoms with Crippen molar-refractivity contribution in [3.05, 3.63) is 58.6 Å². The minimum atomic E-state index is 0. The fraction of sp³-hybridized carbons (Fsp3) is 0.294. The van der Waals surface area contributed by atoms with E-state index in [2.05, 4.69) is 41.3 Å². The van der Waals surface area contributed by atoms with Crippen LogP contribution in [0.1, 0.15) is 17.5 Å². The first-order chi connectivity index (χ1) is 9.79. The Bertz CT molecular complexity index is 613. The van der Waals surface area contributed by atoms with Gasteiger partial charge in [0.1, 0.15) is 0 Å². The van der Waals surface area contributed by atoms with Crippen LogP contribution in [0.4, 0.5) is 11.4 Å². The SMILES string of the molecule is Cl.NCCCN1c2ccccc2CCc2ccc(Cl)cc21.